The first-order valence-corrected chi connectivity index (χ1v) is 5.44. The van der Waals surface area contributed by atoms with Gasteiger partial charge in [0.2, 0.25) is 0 Å². The van der Waals surface area contributed by atoms with Gasteiger partial charge >= 0.3 is 0 Å². The van der Waals surface area contributed by atoms with E-state index in [1.165, 1.54) is 23.1 Å². The molecular weight excluding hydrogens is 170 g/mol. The fraction of sp³-hybridized carbons (Fsp3) is 0.538. The highest BCUT2D eigenvalue weighted by Gasteiger charge is 2.37. The average Bonchev–Trinajstić information content (AvgIpc) is 2.90. The maximum absolute atomic E-state index is 3.26. The Morgan fingerprint density at radius 3 is 2.71 bits per heavy atom. The smallest absolute Gasteiger partial charge is 0.00175 e. The molecule has 0 radical (unpaired) electrons. The van der Waals surface area contributed by atoms with Crippen molar-refractivity contribution in [3.63, 3.8) is 0 Å². The lowest BCUT2D eigenvalue weighted by molar-refractivity contribution is 0.698. The molecule has 2 rings (SSSR count). The van der Waals surface area contributed by atoms with Crippen LogP contribution in [0.25, 0.3) is 0 Å². The third-order valence-corrected chi connectivity index (χ3v) is 3.35. The molecule has 1 N–H and O–H groups in total. The lowest BCUT2D eigenvalue weighted by atomic mass is 10.0. The Hall–Kier alpha value is -0.820. The monoisotopic (exact) mass is 189 g/mol. The van der Waals surface area contributed by atoms with Gasteiger partial charge in [0, 0.05) is 0 Å². The second-order valence-electron chi connectivity index (χ2n) is 4.50. The minimum Gasteiger partial charge on any atom is -0.319 e. The molecule has 0 unspecified atom stereocenters. The lowest BCUT2D eigenvalue weighted by Gasteiger charge is -2.04. The van der Waals surface area contributed by atoms with Crippen molar-refractivity contribution in [2.45, 2.75) is 26.2 Å². The van der Waals surface area contributed by atoms with Gasteiger partial charge in [-0.05, 0) is 62.4 Å². The summed E-state index contributed by atoms with van der Waals surface area (Å²) in [6, 6.07) is 6.90. The maximum atomic E-state index is 3.26. The van der Waals surface area contributed by atoms with Gasteiger partial charge in [-0.1, -0.05) is 18.2 Å². The molecule has 76 valence electrons. The number of nitrogens with one attached hydrogen (secondary N) is 1. The van der Waals surface area contributed by atoms with Crippen molar-refractivity contribution in [1.82, 2.24) is 5.32 Å². The number of rotatable bonds is 3. The molecule has 1 fully saturated rings. The zero-order valence-corrected chi connectivity index (χ0v) is 9.30. The SMILES string of the molecule is CNC[C@H]1C[C@H]1c1ccc(C)c(C)c1. The van der Waals surface area contributed by atoms with Gasteiger partial charge in [0.1, 0.15) is 0 Å². The van der Waals surface area contributed by atoms with Crippen LogP contribution in [0.4, 0.5) is 0 Å². The topological polar surface area (TPSA) is 12.0 Å². The summed E-state index contributed by atoms with van der Waals surface area (Å²) in [5.41, 5.74) is 4.37. The van der Waals surface area contributed by atoms with Gasteiger partial charge in [0.15, 0.2) is 0 Å². The van der Waals surface area contributed by atoms with E-state index < -0.39 is 0 Å². The third-order valence-electron chi connectivity index (χ3n) is 3.35. The first kappa shape index (κ1) is 9.72. The highest BCUT2D eigenvalue weighted by molar-refractivity contribution is 5.34. The van der Waals surface area contributed by atoms with Crippen molar-refractivity contribution in [3.05, 3.63) is 34.9 Å². The minimum atomic E-state index is 0.821. The van der Waals surface area contributed by atoms with Crippen molar-refractivity contribution in [3.8, 4) is 0 Å². The molecule has 0 aromatic heterocycles. The Morgan fingerprint density at radius 2 is 2.07 bits per heavy atom. The molecule has 1 saturated carbocycles. The number of hydrogen-bond acceptors (Lipinski definition) is 1. The van der Waals surface area contributed by atoms with Crippen LogP contribution < -0.4 is 5.32 Å². The molecule has 1 heteroatoms. The van der Waals surface area contributed by atoms with Gasteiger partial charge in [-0.3, -0.25) is 0 Å². The van der Waals surface area contributed by atoms with E-state index in [9.17, 15) is 0 Å². The van der Waals surface area contributed by atoms with Crippen LogP contribution in [0.3, 0.4) is 0 Å². The summed E-state index contributed by atoms with van der Waals surface area (Å²) in [6.07, 6.45) is 1.36. The first-order valence-electron chi connectivity index (χ1n) is 5.44. The first-order chi connectivity index (χ1) is 6.72. The molecule has 0 bridgehead atoms. The number of benzene rings is 1. The Bertz CT molecular complexity index is 330. The fourth-order valence-electron chi connectivity index (χ4n) is 2.14. The summed E-state index contributed by atoms with van der Waals surface area (Å²) in [5, 5.41) is 3.26. The predicted octanol–water partition coefficient (Wildman–Crippen LogP) is 2.63. The normalized spacial score (nSPS) is 25.1. The van der Waals surface area contributed by atoms with E-state index >= 15 is 0 Å². The van der Waals surface area contributed by atoms with Crippen LogP contribution in [-0.2, 0) is 0 Å². The summed E-state index contributed by atoms with van der Waals surface area (Å²) >= 11 is 0. The highest BCUT2D eigenvalue weighted by Crippen LogP contribution is 2.47. The van der Waals surface area contributed by atoms with E-state index in [2.05, 4.69) is 37.4 Å². The van der Waals surface area contributed by atoms with Crippen LogP contribution in [0.5, 0.6) is 0 Å². The summed E-state index contributed by atoms with van der Waals surface area (Å²) < 4.78 is 0. The van der Waals surface area contributed by atoms with Gasteiger partial charge < -0.3 is 5.32 Å². The summed E-state index contributed by atoms with van der Waals surface area (Å²) in [7, 11) is 2.04. The van der Waals surface area contributed by atoms with Crippen LogP contribution in [0.15, 0.2) is 18.2 Å². The Kier molecular flexibility index (Phi) is 2.60. The molecule has 1 aliphatic carbocycles. The van der Waals surface area contributed by atoms with E-state index in [1.54, 1.807) is 0 Å². The number of aryl methyl sites for hydroxylation is 2. The standard InChI is InChI=1S/C13H19N/c1-9-4-5-11(6-10(9)2)13-7-12(13)8-14-3/h4-6,12-14H,7-8H2,1-3H3/t12-,13+/m1/s1. The number of hydrogen-bond donors (Lipinski definition) is 1. The Balaban J connectivity index is 2.08. The van der Waals surface area contributed by atoms with Gasteiger partial charge in [0.25, 0.3) is 0 Å². The van der Waals surface area contributed by atoms with Crippen molar-refractivity contribution in [2.75, 3.05) is 13.6 Å². The maximum Gasteiger partial charge on any atom is -0.00175 e. The zero-order valence-electron chi connectivity index (χ0n) is 9.30. The fourth-order valence-corrected chi connectivity index (χ4v) is 2.14. The lowest BCUT2D eigenvalue weighted by Crippen LogP contribution is -2.10. The van der Waals surface area contributed by atoms with Crippen molar-refractivity contribution < 1.29 is 0 Å². The molecule has 2 atom stereocenters. The Labute approximate surface area is 86.5 Å². The van der Waals surface area contributed by atoms with Crippen molar-refractivity contribution in [1.29, 1.82) is 0 Å². The van der Waals surface area contributed by atoms with Crippen LogP contribution in [0.1, 0.15) is 29.0 Å². The van der Waals surface area contributed by atoms with E-state index in [-0.39, 0.29) is 0 Å². The van der Waals surface area contributed by atoms with Crippen LogP contribution in [0.2, 0.25) is 0 Å². The van der Waals surface area contributed by atoms with Crippen LogP contribution >= 0.6 is 0 Å². The molecule has 14 heavy (non-hydrogen) atoms. The highest BCUT2D eigenvalue weighted by atomic mass is 14.8. The molecule has 1 aromatic carbocycles. The molecule has 0 aliphatic heterocycles. The molecule has 1 nitrogen and oxygen atoms in total. The Morgan fingerprint density at radius 1 is 1.29 bits per heavy atom. The van der Waals surface area contributed by atoms with Gasteiger partial charge in [-0.2, -0.15) is 0 Å². The third kappa shape index (κ3) is 1.83. The quantitative estimate of drug-likeness (QED) is 0.770. The molecular formula is C13H19N. The molecule has 0 saturated heterocycles. The molecule has 0 heterocycles. The zero-order chi connectivity index (χ0) is 10.1. The van der Waals surface area contributed by atoms with E-state index in [1.807, 2.05) is 7.05 Å². The van der Waals surface area contributed by atoms with Gasteiger partial charge in [-0.15, -0.1) is 0 Å². The molecule has 0 amide bonds. The molecule has 1 aliphatic rings. The summed E-state index contributed by atoms with van der Waals surface area (Å²) in [4.78, 5) is 0. The molecule has 0 spiro atoms. The summed E-state index contributed by atoms with van der Waals surface area (Å²) in [6.45, 7) is 5.54. The summed E-state index contributed by atoms with van der Waals surface area (Å²) in [5.74, 6) is 1.70. The minimum absolute atomic E-state index is 0.821. The molecule has 1 aromatic rings. The van der Waals surface area contributed by atoms with Crippen molar-refractivity contribution in [2.24, 2.45) is 5.92 Å². The second kappa shape index (κ2) is 3.74. The van der Waals surface area contributed by atoms with Crippen LogP contribution in [-0.4, -0.2) is 13.6 Å². The van der Waals surface area contributed by atoms with E-state index in [4.69, 9.17) is 0 Å². The van der Waals surface area contributed by atoms with Crippen LogP contribution in [0, 0.1) is 19.8 Å². The van der Waals surface area contributed by atoms with Gasteiger partial charge in [0.05, 0.1) is 0 Å². The van der Waals surface area contributed by atoms with E-state index in [0.29, 0.717) is 0 Å². The van der Waals surface area contributed by atoms with E-state index in [0.717, 1.165) is 18.4 Å². The largest absolute Gasteiger partial charge is 0.319 e. The van der Waals surface area contributed by atoms with Gasteiger partial charge in [-0.25, -0.2) is 0 Å². The van der Waals surface area contributed by atoms with Crippen molar-refractivity contribution >= 4 is 0 Å². The predicted molar refractivity (Wildman–Crippen MR) is 60.7 cm³/mol. The second-order valence-corrected chi connectivity index (χ2v) is 4.50. The average molecular weight is 189 g/mol.